The van der Waals surface area contributed by atoms with E-state index >= 15 is 0 Å². The zero-order valence-electron chi connectivity index (χ0n) is 11.8. The Hall–Kier alpha value is -1.34. The van der Waals surface area contributed by atoms with Gasteiger partial charge in [0.25, 0.3) is 0 Å². The lowest BCUT2D eigenvalue weighted by Gasteiger charge is -2.38. The normalized spacial score (nSPS) is 24.8. The Labute approximate surface area is 118 Å². The molecule has 7 heteroatoms. The number of rotatable bonds is 3. The van der Waals surface area contributed by atoms with Gasteiger partial charge in [-0.2, -0.15) is 0 Å². The third kappa shape index (κ3) is 3.61. The molecule has 1 N–H and O–H groups in total. The van der Waals surface area contributed by atoms with Crippen molar-refractivity contribution in [3.05, 3.63) is 0 Å². The van der Waals surface area contributed by atoms with E-state index < -0.39 is 12.1 Å². The first-order valence-corrected chi connectivity index (χ1v) is 6.99. The predicted molar refractivity (Wildman–Crippen MR) is 70.5 cm³/mol. The molecule has 2 amide bonds. The van der Waals surface area contributed by atoms with Crippen LogP contribution in [0.2, 0.25) is 0 Å². The van der Waals surface area contributed by atoms with Gasteiger partial charge in [-0.1, -0.05) is 0 Å². The van der Waals surface area contributed by atoms with Crippen molar-refractivity contribution < 1.29 is 24.2 Å². The van der Waals surface area contributed by atoms with Gasteiger partial charge in [-0.3, -0.25) is 0 Å². The highest BCUT2D eigenvalue weighted by atomic mass is 16.5. The van der Waals surface area contributed by atoms with E-state index in [0.717, 1.165) is 19.4 Å². The standard InChI is InChI=1S/C13H22N2O5/c1-19-9-10-2-4-14(5-3-10)13(18)15-6-7-20-11(8-15)12(16)17/h10-11H,2-9H2,1H3,(H,16,17). The summed E-state index contributed by atoms with van der Waals surface area (Å²) in [6.45, 7) is 3.03. The van der Waals surface area contributed by atoms with Crippen LogP contribution in [0.5, 0.6) is 0 Å². The molecule has 0 bridgehead atoms. The Morgan fingerprint density at radius 3 is 2.55 bits per heavy atom. The fourth-order valence-electron chi connectivity index (χ4n) is 2.70. The average Bonchev–Trinajstić information content (AvgIpc) is 2.48. The second kappa shape index (κ2) is 6.90. The largest absolute Gasteiger partial charge is 0.479 e. The monoisotopic (exact) mass is 286 g/mol. The van der Waals surface area contributed by atoms with Crippen LogP contribution in [0.1, 0.15) is 12.8 Å². The van der Waals surface area contributed by atoms with Gasteiger partial charge in [-0.25, -0.2) is 9.59 Å². The number of carbonyl (C=O) groups excluding carboxylic acids is 1. The van der Waals surface area contributed by atoms with Gasteiger partial charge in [0.2, 0.25) is 0 Å². The number of nitrogens with zero attached hydrogens (tertiary/aromatic N) is 2. The number of hydrogen-bond acceptors (Lipinski definition) is 4. The maximum absolute atomic E-state index is 12.4. The molecule has 0 radical (unpaired) electrons. The molecule has 2 saturated heterocycles. The molecule has 20 heavy (non-hydrogen) atoms. The highest BCUT2D eigenvalue weighted by molar-refractivity contribution is 5.77. The molecule has 0 aliphatic carbocycles. The fourth-order valence-corrected chi connectivity index (χ4v) is 2.70. The average molecular weight is 286 g/mol. The van der Waals surface area contributed by atoms with E-state index in [0.29, 0.717) is 25.6 Å². The van der Waals surface area contributed by atoms with Crippen LogP contribution in [0.15, 0.2) is 0 Å². The van der Waals surface area contributed by atoms with Crippen molar-refractivity contribution in [1.29, 1.82) is 0 Å². The van der Waals surface area contributed by atoms with Gasteiger partial charge in [0.15, 0.2) is 6.10 Å². The number of hydrogen-bond donors (Lipinski definition) is 1. The van der Waals surface area contributed by atoms with E-state index in [1.54, 1.807) is 16.9 Å². The van der Waals surface area contributed by atoms with Crippen LogP contribution in [0.3, 0.4) is 0 Å². The van der Waals surface area contributed by atoms with Crippen LogP contribution < -0.4 is 0 Å². The van der Waals surface area contributed by atoms with Gasteiger partial charge >= 0.3 is 12.0 Å². The Kier molecular flexibility index (Phi) is 5.19. The highest BCUT2D eigenvalue weighted by Crippen LogP contribution is 2.19. The quantitative estimate of drug-likeness (QED) is 0.804. The SMILES string of the molecule is COCC1CCN(C(=O)N2CCOC(C(=O)O)C2)CC1. The Balaban J connectivity index is 1.84. The molecule has 1 unspecified atom stereocenters. The molecule has 2 rings (SSSR count). The summed E-state index contributed by atoms with van der Waals surface area (Å²) in [6.07, 6.45) is 0.970. The summed E-state index contributed by atoms with van der Waals surface area (Å²) < 4.78 is 10.3. The number of amides is 2. The van der Waals surface area contributed by atoms with Crippen LogP contribution in [0.25, 0.3) is 0 Å². The maximum atomic E-state index is 12.4. The number of carboxylic acid groups (broad SMARTS) is 1. The summed E-state index contributed by atoms with van der Waals surface area (Å²) in [7, 11) is 1.69. The van der Waals surface area contributed by atoms with Gasteiger partial charge in [-0.15, -0.1) is 0 Å². The number of morpholine rings is 1. The molecule has 7 nitrogen and oxygen atoms in total. The summed E-state index contributed by atoms with van der Waals surface area (Å²) in [4.78, 5) is 26.7. The third-order valence-corrected chi connectivity index (χ3v) is 3.90. The molecule has 1 atom stereocenters. The minimum absolute atomic E-state index is 0.0737. The number of methoxy groups -OCH3 is 1. The first-order valence-electron chi connectivity index (χ1n) is 6.99. The van der Waals surface area contributed by atoms with Gasteiger partial charge < -0.3 is 24.4 Å². The minimum Gasteiger partial charge on any atom is -0.479 e. The highest BCUT2D eigenvalue weighted by Gasteiger charge is 2.32. The van der Waals surface area contributed by atoms with E-state index in [9.17, 15) is 9.59 Å². The maximum Gasteiger partial charge on any atom is 0.334 e. The smallest absolute Gasteiger partial charge is 0.334 e. The van der Waals surface area contributed by atoms with Crippen molar-refractivity contribution in [2.75, 3.05) is 46.5 Å². The van der Waals surface area contributed by atoms with Crippen LogP contribution >= 0.6 is 0 Å². The number of likely N-dealkylation sites (tertiary alicyclic amines) is 1. The number of aliphatic carboxylic acids is 1. The zero-order valence-corrected chi connectivity index (χ0v) is 11.8. The van der Waals surface area contributed by atoms with Crippen molar-refractivity contribution >= 4 is 12.0 Å². The molecule has 0 aromatic carbocycles. The molecule has 114 valence electrons. The van der Waals surface area contributed by atoms with Crippen molar-refractivity contribution in [3.8, 4) is 0 Å². The Morgan fingerprint density at radius 1 is 1.25 bits per heavy atom. The molecule has 0 saturated carbocycles. The van der Waals surface area contributed by atoms with Crippen molar-refractivity contribution in [3.63, 3.8) is 0 Å². The summed E-state index contributed by atoms with van der Waals surface area (Å²) in [5.74, 6) is -0.498. The first kappa shape index (κ1) is 15.1. The molecule has 2 heterocycles. The van der Waals surface area contributed by atoms with Crippen LogP contribution in [-0.2, 0) is 14.3 Å². The molecule has 2 aliphatic rings. The molecule has 2 fully saturated rings. The third-order valence-electron chi connectivity index (χ3n) is 3.90. The van der Waals surface area contributed by atoms with E-state index in [1.807, 2.05) is 0 Å². The predicted octanol–water partition coefficient (Wildman–Crippen LogP) is 0.250. The molecule has 0 aromatic rings. The van der Waals surface area contributed by atoms with Crippen LogP contribution in [0.4, 0.5) is 4.79 Å². The number of piperidine rings is 1. The number of carbonyl (C=O) groups is 2. The molecular formula is C13H22N2O5. The van der Waals surface area contributed by atoms with Gasteiger partial charge in [0.1, 0.15) is 0 Å². The summed E-state index contributed by atoms with van der Waals surface area (Å²) in [5.41, 5.74) is 0. The van der Waals surface area contributed by atoms with E-state index in [4.69, 9.17) is 14.6 Å². The molecule has 0 spiro atoms. The van der Waals surface area contributed by atoms with E-state index in [2.05, 4.69) is 0 Å². The van der Waals surface area contributed by atoms with Crippen molar-refractivity contribution in [2.45, 2.75) is 18.9 Å². The van der Waals surface area contributed by atoms with E-state index in [1.165, 1.54) is 0 Å². The van der Waals surface area contributed by atoms with Crippen LogP contribution in [-0.4, -0.2) is 79.5 Å². The topological polar surface area (TPSA) is 79.3 Å². The molecule has 2 aliphatic heterocycles. The van der Waals surface area contributed by atoms with Gasteiger partial charge in [-0.05, 0) is 18.8 Å². The second-order valence-corrected chi connectivity index (χ2v) is 5.31. The Morgan fingerprint density at radius 2 is 1.95 bits per heavy atom. The summed E-state index contributed by atoms with van der Waals surface area (Å²) >= 11 is 0. The summed E-state index contributed by atoms with van der Waals surface area (Å²) in [6, 6.07) is -0.0737. The van der Waals surface area contributed by atoms with Crippen molar-refractivity contribution in [2.24, 2.45) is 5.92 Å². The number of carboxylic acids is 1. The Bertz CT molecular complexity index is 355. The summed E-state index contributed by atoms with van der Waals surface area (Å²) in [5, 5.41) is 8.95. The molecule has 0 aromatic heterocycles. The van der Waals surface area contributed by atoms with Gasteiger partial charge in [0.05, 0.1) is 13.2 Å². The minimum atomic E-state index is -1.01. The lowest BCUT2D eigenvalue weighted by atomic mass is 9.98. The first-order chi connectivity index (χ1) is 9.61. The van der Waals surface area contributed by atoms with Gasteiger partial charge in [0, 0.05) is 33.4 Å². The lowest BCUT2D eigenvalue weighted by Crippen LogP contribution is -2.54. The lowest BCUT2D eigenvalue weighted by molar-refractivity contribution is -0.154. The van der Waals surface area contributed by atoms with Crippen LogP contribution in [0, 0.1) is 5.92 Å². The molecular weight excluding hydrogens is 264 g/mol. The number of ether oxygens (including phenoxy) is 2. The van der Waals surface area contributed by atoms with Crippen molar-refractivity contribution in [1.82, 2.24) is 9.80 Å². The zero-order chi connectivity index (χ0) is 14.5. The second-order valence-electron chi connectivity index (χ2n) is 5.31. The fraction of sp³-hybridized carbons (Fsp3) is 0.846. The van der Waals surface area contributed by atoms with E-state index in [-0.39, 0.29) is 19.2 Å². The number of urea groups is 1.